The fourth-order valence-corrected chi connectivity index (χ4v) is 5.36. The summed E-state index contributed by atoms with van der Waals surface area (Å²) in [6, 6.07) is 8.98. The summed E-state index contributed by atoms with van der Waals surface area (Å²) >= 11 is 0. The molecule has 1 aliphatic rings. The van der Waals surface area contributed by atoms with Crippen LogP contribution in [0.25, 0.3) is 11.0 Å². The molecule has 36 heavy (non-hydrogen) atoms. The van der Waals surface area contributed by atoms with Crippen molar-refractivity contribution in [3.05, 3.63) is 58.0 Å². The van der Waals surface area contributed by atoms with Crippen LogP contribution < -0.4 is 10.5 Å². The van der Waals surface area contributed by atoms with Crippen LogP contribution in [0.5, 0.6) is 0 Å². The molecule has 1 aliphatic heterocycles. The number of halogens is 3. The van der Waals surface area contributed by atoms with E-state index in [0.29, 0.717) is 29.8 Å². The second-order valence-corrected chi connectivity index (χ2v) is 9.38. The number of aryl methyl sites for hydroxylation is 1. The molecule has 3 atom stereocenters. The lowest BCUT2D eigenvalue weighted by Gasteiger charge is -2.49. The summed E-state index contributed by atoms with van der Waals surface area (Å²) in [5, 5.41) is 13.7. The second-order valence-electron chi connectivity index (χ2n) is 9.38. The zero-order valence-corrected chi connectivity index (χ0v) is 21.0. The second kappa shape index (κ2) is 9.97. The quantitative estimate of drug-likeness (QED) is 0.490. The molecule has 192 valence electrons. The summed E-state index contributed by atoms with van der Waals surface area (Å²) in [6.07, 6.45) is -1.23. The molecule has 0 N–H and O–H groups in total. The van der Waals surface area contributed by atoms with Crippen molar-refractivity contribution in [2.24, 2.45) is 7.05 Å². The highest BCUT2D eigenvalue weighted by atomic mass is 19.4. The largest absolute Gasteiger partial charge is 0.416 e. The molecule has 1 saturated heterocycles. The molecular weight excluding hydrogens is 469 g/mol. The van der Waals surface area contributed by atoms with Gasteiger partial charge >= 0.3 is 6.18 Å². The van der Waals surface area contributed by atoms with E-state index >= 15 is 0 Å². The van der Waals surface area contributed by atoms with Crippen molar-refractivity contribution in [1.29, 1.82) is 5.26 Å². The predicted octanol–water partition coefficient (Wildman–Crippen LogP) is 4.72. The smallest absolute Gasteiger partial charge is 0.364 e. The Balaban J connectivity index is 1.74. The molecule has 0 unspecified atom stereocenters. The molecule has 10 heteroatoms. The van der Waals surface area contributed by atoms with Crippen LogP contribution in [0.4, 0.5) is 18.9 Å². The van der Waals surface area contributed by atoms with E-state index in [9.17, 15) is 18.0 Å². The molecule has 2 aromatic heterocycles. The SMILES string of the molecule is CC[C@H]1CN([C@H](C)c2ccccc2C(F)(F)F)[C@H](CC)CN1c1cc(=O)n(C)c2cn(CC#N)nc12. The summed E-state index contributed by atoms with van der Waals surface area (Å²) < 4.78 is 44.4. The standard InChI is InChI=1S/C26H31F3N6O/c1-5-18-15-35(22-13-24(36)32(4)23-16-33(12-11-30)31-25(22)23)19(6-2)14-34(18)17(3)20-9-7-8-10-21(20)26(27,28)29/h7-10,13,16-19H,5-6,12,14-15H2,1-4H3/t17-,18-,19+/m1/s1. The maximum Gasteiger partial charge on any atom is 0.416 e. The van der Waals surface area contributed by atoms with Gasteiger partial charge in [-0.15, -0.1) is 0 Å². The van der Waals surface area contributed by atoms with Crippen LogP contribution in [-0.2, 0) is 19.8 Å². The highest BCUT2D eigenvalue weighted by Gasteiger charge is 2.40. The average Bonchev–Trinajstić information content (AvgIpc) is 3.29. The number of hydrogen-bond donors (Lipinski definition) is 0. The number of hydrogen-bond acceptors (Lipinski definition) is 5. The summed E-state index contributed by atoms with van der Waals surface area (Å²) in [5.74, 6) is 0. The zero-order valence-electron chi connectivity index (χ0n) is 21.0. The van der Waals surface area contributed by atoms with Gasteiger partial charge in [0.1, 0.15) is 12.1 Å². The first-order chi connectivity index (χ1) is 17.1. The number of fused-ring (bicyclic) bond motifs is 1. The minimum absolute atomic E-state index is 0.0234. The Bertz CT molecular complexity index is 1340. The van der Waals surface area contributed by atoms with Crippen molar-refractivity contribution in [3.8, 4) is 6.07 Å². The van der Waals surface area contributed by atoms with Crippen molar-refractivity contribution < 1.29 is 13.2 Å². The van der Waals surface area contributed by atoms with Crippen LogP contribution in [0.2, 0.25) is 0 Å². The van der Waals surface area contributed by atoms with Gasteiger partial charge in [-0.25, -0.2) is 0 Å². The number of pyridine rings is 1. The van der Waals surface area contributed by atoms with Crippen LogP contribution in [0, 0.1) is 11.3 Å². The Morgan fingerprint density at radius 1 is 1.17 bits per heavy atom. The molecule has 0 bridgehead atoms. The van der Waals surface area contributed by atoms with Crippen LogP contribution >= 0.6 is 0 Å². The molecule has 0 radical (unpaired) electrons. The molecule has 0 aliphatic carbocycles. The number of nitriles is 1. The van der Waals surface area contributed by atoms with Crippen LogP contribution in [0.3, 0.4) is 0 Å². The lowest BCUT2D eigenvalue weighted by Crippen LogP contribution is -2.59. The van der Waals surface area contributed by atoms with Gasteiger partial charge in [-0.2, -0.15) is 23.5 Å². The average molecular weight is 501 g/mol. The van der Waals surface area contributed by atoms with E-state index in [0.717, 1.165) is 18.9 Å². The van der Waals surface area contributed by atoms with Crippen LogP contribution in [0.15, 0.2) is 41.3 Å². The maximum atomic E-state index is 13.8. The van der Waals surface area contributed by atoms with Gasteiger partial charge in [-0.3, -0.25) is 14.4 Å². The van der Waals surface area contributed by atoms with Crippen molar-refractivity contribution in [3.63, 3.8) is 0 Å². The molecule has 1 fully saturated rings. The van der Waals surface area contributed by atoms with Gasteiger partial charge in [0.15, 0.2) is 0 Å². The fraction of sp³-hybridized carbons (Fsp3) is 0.500. The molecule has 0 saturated carbocycles. The number of benzene rings is 1. The van der Waals surface area contributed by atoms with Crippen LogP contribution in [-0.4, -0.2) is 44.4 Å². The minimum Gasteiger partial charge on any atom is -0.364 e. The molecular formula is C26H31F3N6O. The van der Waals surface area contributed by atoms with Gasteiger partial charge in [0.25, 0.3) is 5.56 Å². The molecule has 7 nitrogen and oxygen atoms in total. The van der Waals surface area contributed by atoms with Crippen molar-refractivity contribution >= 4 is 16.7 Å². The normalized spacial score (nSPS) is 20.0. The van der Waals surface area contributed by atoms with E-state index in [2.05, 4.69) is 21.0 Å². The van der Waals surface area contributed by atoms with Gasteiger partial charge in [-0.05, 0) is 31.4 Å². The van der Waals surface area contributed by atoms with Crippen molar-refractivity contribution in [2.45, 2.75) is 64.5 Å². The third kappa shape index (κ3) is 4.60. The molecule has 0 amide bonds. The van der Waals surface area contributed by atoms with Gasteiger partial charge in [-0.1, -0.05) is 32.0 Å². The van der Waals surface area contributed by atoms with Gasteiger partial charge in [0.2, 0.25) is 0 Å². The van der Waals surface area contributed by atoms with Crippen molar-refractivity contribution in [2.75, 3.05) is 18.0 Å². The van der Waals surface area contributed by atoms with E-state index in [1.807, 2.05) is 20.8 Å². The molecule has 3 heterocycles. The third-order valence-electron chi connectivity index (χ3n) is 7.37. The van der Waals surface area contributed by atoms with E-state index in [4.69, 9.17) is 5.26 Å². The third-order valence-corrected chi connectivity index (χ3v) is 7.37. The van der Waals surface area contributed by atoms with E-state index in [1.54, 1.807) is 31.4 Å². The van der Waals surface area contributed by atoms with E-state index in [-0.39, 0.29) is 29.8 Å². The van der Waals surface area contributed by atoms with Gasteiger partial charge < -0.3 is 9.47 Å². The highest BCUT2D eigenvalue weighted by Crippen LogP contribution is 2.39. The van der Waals surface area contributed by atoms with Gasteiger partial charge in [0.05, 0.1) is 29.0 Å². The highest BCUT2D eigenvalue weighted by molar-refractivity contribution is 5.88. The van der Waals surface area contributed by atoms with Crippen molar-refractivity contribution in [1.82, 2.24) is 19.2 Å². The Morgan fingerprint density at radius 2 is 1.86 bits per heavy atom. The Kier molecular flexibility index (Phi) is 7.14. The van der Waals surface area contributed by atoms with E-state index in [1.165, 1.54) is 15.3 Å². The molecule has 1 aromatic carbocycles. The molecule has 3 aromatic rings. The summed E-state index contributed by atoms with van der Waals surface area (Å²) in [4.78, 5) is 17.2. The maximum absolute atomic E-state index is 13.8. The summed E-state index contributed by atoms with van der Waals surface area (Å²) in [7, 11) is 1.68. The monoisotopic (exact) mass is 500 g/mol. The fourth-order valence-electron chi connectivity index (χ4n) is 5.36. The van der Waals surface area contributed by atoms with Crippen LogP contribution in [0.1, 0.15) is 50.8 Å². The number of aromatic nitrogens is 3. The van der Waals surface area contributed by atoms with Gasteiger partial charge in [0, 0.05) is 44.3 Å². The lowest BCUT2D eigenvalue weighted by molar-refractivity contribution is -0.138. The number of piperazine rings is 1. The minimum atomic E-state index is -4.42. The first-order valence-corrected chi connectivity index (χ1v) is 12.2. The first kappa shape index (κ1) is 25.8. The lowest BCUT2D eigenvalue weighted by atomic mass is 9.94. The molecule has 4 rings (SSSR count). The number of anilines is 1. The zero-order chi connectivity index (χ0) is 26.2. The summed E-state index contributed by atoms with van der Waals surface area (Å²) in [5.41, 5.74) is 1.50. The number of nitrogens with zero attached hydrogens (tertiary/aromatic N) is 6. The Hall–Kier alpha value is -3.32. The predicted molar refractivity (Wildman–Crippen MR) is 133 cm³/mol. The topological polar surface area (TPSA) is 70.1 Å². The summed E-state index contributed by atoms with van der Waals surface area (Å²) in [6.45, 7) is 7.10. The Labute approximate surface area is 208 Å². The molecule has 0 spiro atoms. The number of rotatable bonds is 6. The van der Waals surface area contributed by atoms with E-state index < -0.39 is 17.8 Å². The first-order valence-electron chi connectivity index (χ1n) is 12.2. The Morgan fingerprint density at radius 3 is 2.50 bits per heavy atom. The number of alkyl halides is 3.